The number of amides is 1. The Balaban J connectivity index is 0.00000210. The summed E-state index contributed by atoms with van der Waals surface area (Å²) >= 11 is 3.06. The number of halogens is 1. The molecule has 3 aromatic heterocycles. The minimum Gasteiger partial charge on any atom is -0.341 e. The maximum absolute atomic E-state index is 13.0. The molecule has 6 nitrogen and oxygen atoms in total. The first kappa shape index (κ1) is 20.0. The van der Waals surface area contributed by atoms with Gasteiger partial charge >= 0.3 is 0 Å². The van der Waals surface area contributed by atoms with Gasteiger partial charge in [0.2, 0.25) is 5.91 Å². The molecule has 1 aliphatic heterocycles. The zero-order valence-electron chi connectivity index (χ0n) is 14.9. The van der Waals surface area contributed by atoms with Gasteiger partial charge in [0.25, 0.3) is 5.56 Å². The molecule has 4 heterocycles. The van der Waals surface area contributed by atoms with E-state index in [4.69, 9.17) is 0 Å². The van der Waals surface area contributed by atoms with Crippen LogP contribution in [0, 0.1) is 0 Å². The molecule has 0 saturated carbocycles. The molecule has 0 radical (unpaired) electrons. The highest BCUT2D eigenvalue weighted by molar-refractivity contribution is 7.18. The molecule has 1 saturated heterocycles. The lowest BCUT2D eigenvalue weighted by Crippen LogP contribution is -2.45. The number of piperidine rings is 1. The van der Waals surface area contributed by atoms with Crippen molar-refractivity contribution in [1.82, 2.24) is 19.8 Å². The topological polar surface area (TPSA) is 67.2 Å². The molecule has 0 bridgehead atoms. The highest BCUT2D eigenvalue weighted by Crippen LogP contribution is 2.33. The average molecular weight is 425 g/mol. The van der Waals surface area contributed by atoms with Crippen molar-refractivity contribution in [2.45, 2.75) is 25.4 Å². The summed E-state index contributed by atoms with van der Waals surface area (Å²) in [6.45, 7) is 1.88. The molecular weight excluding hydrogens is 404 g/mol. The fraction of sp³-hybridized carbons (Fsp3) is 0.389. The van der Waals surface area contributed by atoms with Crippen molar-refractivity contribution in [2.24, 2.45) is 0 Å². The van der Waals surface area contributed by atoms with Gasteiger partial charge in [-0.25, -0.2) is 4.98 Å². The Kier molecular flexibility index (Phi) is 6.31. The molecule has 1 aliphatic rings. The molecule has 9 heteroatoms. The fourth-order valence-corrected chi connectivity index (χ4v) is 5.07. The Bertz CT molecular complexity index is 977. The van der Waals surface area contributed by atoms with Crippen molar-refractivity contribution in [1.29, 1.82) is 0 Å². The first-order valence-electron chi connectivity index (χ1n) is 8.62. The number of nitrogens with one attached hydrogen (secondary N) is 1. The van der Waals surface area contributed by atoms with Gasteiger partial charge in [-0.2, -0.15) is 0 Å². The Hall–Kier alpha value is -1.74. The van der Waals surface area contributed by atoms with Crippen LogP contribution in [0.3, 0.4) is 0 Å². The van der Waals surface area contributed by atoms with Gasteiger partial charge < -0.3 is 10.2 Å². The number of carbonyl (C=O) groups excluding carboxylic acids is 1. The molecule has 0 atom stereocenters. The smallest absolute Gasteiger partial charge is 0.263 e. The van der Waals surface area contributed by atoms with Gasteiger partial charge in [-0.1, -0.05) is 6.07 Å². The molecule has 1 N–H and O–H groups in total. The van der Waals surface area contributed by atoms with E-state index in [1.165, 1.54) is 22.2 Å². The predicted octanol–water partition coefficient (Wildman–Crippen LogP) is 2.82. The summed E-state index contributed by atoms with van der Waals surface area (Å²) in [7, 11) is 1.83. The first-order valence-corrected chi connectivity index (χ1v) is 10.4. The van der Waals surface area contributed by atoms with E-state index in [0.717, 1.165) is 36.4 Å². The summed E-state index contributed by atoms with van der Waals surface area (Å²) in [6.07, 6.45) is 3.39. The highest BCUT2D eigenvalue weighted by atomic mass is 35.5. The maximum Gasteiger partial charge on any atom is 0.263 e. The number of hydrogen-bond acceptors (Lipinski definition) is 6. The SMILES string of the molecule is CN(C(=O)Cn1cnc2scc(-c3cccs3)c2c1=O)C1CCNCC1.Cl. The second kappa shape index (κ2) is 8.52. The van der Waals surface area contributed by atoms with Gasteiger partial charge in [0.1, 0.15) is 11.4 Å². The molecule has 0 aliphatic carbocycles. The number of thiophene rings is 2. The summed E-state index contributed by atoms with van der Waals surface area (Å²) in [5, 5.41) is 7.87. The molecule has 0 spiro atoms. The van der Waals surface area contributed by atoms with Gasteiger partial charge in [0, 0.05) is 28.9 Å². The number of fused-ring (bicyclic) bond motifs is 1. The normalized spacial score (nSPS) is 14.9. The molecule has 4 rings (SSSR count). The maximum atomic E-state index is 13.0. The summed E-state index contributed by atoms with van der Waals surface area (Å²) in [4.78, 5) is 33.6. The van der Waals surface area contributed by atoms with E-state index >= 15 is 0 Å². The highest BCUT2D eigenvalue weighted by Gasteiger charge is 2.23. The van der Waals surface area contributed by atoms with Crippen LogP contribution in [0.4, 0.5) is 0 Å². The van der Waals surface area contributed by atoms with Crippen molar-refractivity contribution in [3.63, 3.8) is 0 Å². The average Bonchev–Trinajstić information content (AvgIpc) is 3.33. The van der Waals surface area contributed by atoms with Crippen LogP contribution in [0.1, 0.15) is 12.8 Å². The van der Waals surface area contributed by atoms with Crippen LogP contribution >= 0.6 is 35.1 Å². The molecule has 1 fully saturated rings. The Morgan fingerprint density at radius 1 is 1.37 bits per heavy atom. The third kappa shape index (κ3) is 3.94. The van der Waals surface area contributed by atoms with Crippen LogP contribution in [0.5, 0.6) is 0 Å². The molecule has 0 aromatic carbocycles. The number of nitrogens with zero attached hydrogens (tertiary/aromatic N) is 3. The quantitative estimate of drug-likeness (QED) is 0.699. The largest absolute Gasteiger partial charge is 0.341 e. The van der Waals surface area contributed by atoms with Crippen LogP contribution < -0.4 is 10.9 Å². The van der Waals surface area contributed by atoms with Crippen molar-refractivity contribution >= 4 is 51.2 Å². The summed E-state index contributed by atoms with van der Waals surface area (Å²) in [6, 6.07) is 4.20. The summed E-state index contributed by atoms with van der Waals surface area (Å²) in [5.74, 6) is -0.0481. The minimum absolute atomic E-state index is 0. The number of likely N-dealkylation sites (N-methyl/N-ethyl adjacent to an activating group) is 1. The van der Waals surface area contributed by atoms with E-state index < -0.39 is 0 Å². The predicted molar refractivity (Wildman–Crippen MR) is 113 cm³/mol. The van der Waals surface area contributed by atoms with Crippen LogP contribution in [0.15, 0.2) is 34.0 Å². The van der Waals surface area contributed by atoms with Crippen LogP contribution in [0.2, 0.25) is 0 Å². The minimum atomic E-state index is -0.147. The van der Waals surface area contributed by atoms with E-state index in [2.05, 4.69) is 10.3 Å². The van der Waals surface area contributed by atoms with E-state index in [-0.39, 0.29) is 36.5 Å². The Morgan fingerprint density at radius 3 is 2.85 bits per heavy atom. The Morgan fingerprint density at radius 2 is 2.15 bits per heavy atom. The van der Waals surface area contributed by atoms with Gasteiger partial charge in [-0.05, 0) is 37.4 Å². The lowest BCUT2D eigenvalue weighted by molar-refractivity contribution is -0.133. The third-order valence-corrected chi connectivity index (χ3v) is 6.69. The summed E-state index contributed by atoms with van der Waals surface area (Å²) < 4.78 is 1.44. The van der Waals surface area contributed by atoms with Crippen LogP contribution in [0.25, 0.3) is 20.7 Å². The summed E-state index contributed by atoms with van der Waals surface area (Å²) in [5.41, 5.74) is 0.762. The monoisotopic (exact) mass is 424 g/mol. The number of hydrogen-bond donors (Lipinski definition) is 1. The van der Waals surface area contributed by atoms with Crippen molar-refractivity contribution in [3.05, 3.63) is 39.6 Å². The number of aromatic nitrogens is 2. The fourth-order valence-electron chi connectivity index (χ4n) is 3.35. The Labute approximate surface area is 171 Å². The van der Waals surface area contributed by atoms with Crippen LogP contribution in [-0.4, -0.2) is 46.5 Å². The zero-order chi connectivity index (χ0) is 18.1. The van der Waals surface area contributed by atoms with E-state index in [1.807, 2.05) is 29.9 Å². The van der Waals surface area contributed by atoms with Crippen molar-refractivity contribution in [2.75, 3.05) is 20.1 Å². The van der Waals surface area contributed by atoms with Gasteiger partial charge in [-0.15, -0.1) is 35.1 Å². The molecule has 1 amide bonds. The first-order chi connectivity index (χ1) is 12.6. The van der Waals surface area contributed by atoms with Gasteiger partial charge in [0.15, 0.2) is 0 Å². The van der Waals surface area contributed by atoms with E-state index in [9.17, 15) is 9.59 Å². The van der Waals surface area contributed by atoms with E-state index in [0.29, 0.717) is 10.2 Å². The lowest BCUT2D eigenvalue weighted by atomic mass is 10.1. The second-order valence-corrected chi connectivity index (χ2v) is 8.28. The second-order valence-electron chi connectivity index (χ2n) is 6.47. The van der Waals surface area contributed by atoms with Gasteiger partial charge in [-0.3, -0.25) is 14.2 Å². The molecule has 0 unspecified atom stereocenters. The molecule has 3 aromatic rings. The standard InChI is InChI=1S/C18H20N4O2S2.ClH/c1-21(12-4-6-19-7-5-12)15(23)9-22-11-20-17-16(18(22)24)13(10-26-17)14-3-2-8-25-14;/h2-3,8,10-12,19H,4-7,9H2,1H3;1H. The number of rotatable bonds is 4. The third-order valence-electron chi connectivity index (χ3n) is 4.90. The lowest BCUT2D eigenvalue weighted by Gasteiger charge is -2.31. The van der Waals surface area contributed by atoms with Gasteiger partial charge in [0.05, 0.1) is 11.7 Å². The molecule has 27 heavy (non-hydrogen) atoms. The number of carbonyl (C=O) groups is 1. The van der Waals surface area contributed by atoms with Crippen LogP contribution in [-0.2, 0) is 11.3 Å². The van der Waals surface area contributed by atoms with Crippen molar-refractivity contribution < 1.29 is 4.79 Å². The molecule has 144 valence electrons. The zero-order valence-corrected chi connectivity index (χ0v) is 17.3. The van der Waals surface area contributed by atoms with Crippen molar-refractivity contribution in [3.8, 4) is 10.4 Å². The van der Waals surface area contributed by atoms with E-state index in [1.54, 1.807) is 16.2 Å². The molecular formula is C18H21ClN4O2S2.